The second kappa shape index (κ2) is 5.50. The molecule has 0 aromatic heterocycles. The molecule has 2 rings (SSSR count). The zero-order valence-electron chi connectivity index (χ0n) is 10.7. The molecule has 106 valence electrons. The van der Waals surface area contributed by atoms with Crippen LogP contribution in [0.1, 0.15) is 23.2 Å². The van der Waals surface area contributed by atoms with Crippen LogP contribution < -0.4 is 5.32 Å². The van der Waals surface area contributed by atoms with Crippen LogP contribution in [0.15, 0.2) is 18.2 Å². The Morgan fingerprint density at radius 3 is 2.85 bits per heavy atom. The minimum Gasteiger partial charge on any atom is -0.508 e. The number of amides is 3. The minimum atomic E-state index is -0.761. The molecule has 1 saturated heterocycles. The SMILES string of the molecule is CN1C(=O)CCC(NC(=O)c2cc(O)ccc2Cl)C1=O. The predicted molar refractivity (Wildman–Crippen MR) is 71.4 cm³/mol. The lowest BCUT2D eigenvalue weighted by Gasteiger charge is -2.28. The average molecular weight is 297 g/mol. The van der Waals surface area contributed by atoms with Gasteiger partial charge in [0.25, 0.3) is 11.8 Å². The van der Waals surface area contributed by atoms with Gasteiger partial charge in [-0.15, -0.1) is 0 Å². The maximum atomic E-state index is 12.1. The molecule has 0 saturated carbocycles. The summed E-state index contributed by atoms with van der Waals surface area (Å²) >= 11 is 5.88. The van der Waals surface area contributed by atoms with E-state index in [9.17, 15) is 19.5 Å². The summed E-state index contributed by atoms with van der Waals surface area (Å²) in [6.45, 7) is 0. The number of phenolic OH excluding ortho intramolecular Hbond substituents is 1. The van der Waals surface area contributed by atoms with Gasteiger partial charge >= 0.3 is 0 Å². The first-order chi connectivity index (χ1) is 9.40. The highest BCUT2D eigenvalue weighted by atomic mass is 35.5. The van der Waals surface area contributed by atoms with Crippen LogP contribution in [-0.2, 0) is 9.59 Å². The Kier molecular flexibility index (Phi) is 3.94. The molecule has 1 aliphatic rings. The van der Waals surface area contributed by atoms with Crippen LogP contribution in [0.2, 0.25) is 5.02 Å². The fourth-order valence-corrected chi connectivity index (χ4v) is 2.18. The number of likely N-dealkylation sites (N-methyl/N-ethyl adjacent to an activating group) is 1. The molecule has 0 aliphatic carbocycles. The molecule has 0 spiro atoms. The van der Waals surface area contributed by atoms with E-state index in [0.29, 0.717) is 0 Å². The van der Waals surface area contributed by atoms with Gasteiger partial charge in [-0.2, -0.15) is 0 Å². The summed E-state index contributed by atoms with van der Waals surface area (Å²) in [6, 6.07) is 3.21. The van der Waals surface area contributed by atoms with Crippen molar-refractivity contribution in [2.75, 3.05) is 7.05 Å². The number of carbonyl (C=O) groups is 3. The van der Waals surface area contributed by atoms with Crippen LogP contribution in [0.25, 0.3) is 0 Å². The fraction of sp³-hybridized carbons (Fsp3) is 0.308. The molecule has 1 aromatic carbocycles. The second-order valence-electron chi connectivity index (χ2n) is 4.52. The number of hydrogen-bond acceptors (Lipinski definition) is 4. The first-order valence-electron chi connectivity index (χ1n) is 6.00. The highest BCUT2D eigenvalue weighted by Crippen LogP contribution is 2.21. The van der Waals surface area contributed by atoms with Gasteiger partial charge in [0.2, 0.25) is 5.91 Å². The summed E-state index contributed by atoms with van der Waals surface area (Å²) in [5.74, 6) is -1.38. The summed E-state index contributed by atoms with van der Waals surface area (Å²) in [5.41, 5.74) is 0.0824. The van der Waals surface area contributed by atoms with Gasteiger partial charge in [0.1, 0.15) is 11.8 Å². The third-order valence-corrected chi connectivity index (χ3v) is 3.48. The molecule has 6 nitrogen and oxygen atoms in total. The zero-order chi connectivity index (χ0) is 14.9. The standard InChI is InChI=1S/C13H13ClN2O4/c1-16-11(18)5-4-10(13(16)20)15-12(19)8-6-7(17)2-3-9(8)14/h2-3,6,10,17H,4-5H2,1H3,(H,15,19). The monoisotopic (exact) mass is 296 g/mol. The van der Waals surface area contributed by atoms with Gasteiger partial charge in [-0.3, -0.25) is 19.3 Å². The van der Waals surface area contributed by atoms with Crippen molar-refractivity contribution < 1.29 is 19.5 Å². The molecule has 1 unspecified atom stereocenters. The molecule has 20 heavy (non-hydrogen) atoms. The van der Waals surface area contributed by atoms with Crippen LogP contribution in [0.4, 0.5) is 0 Å². The maximum Gasteiger partial charge on any atom is 0.253 e. The van der Waals surface area contributed by atoms with Crippen molar-refractivity contribution in [1.82, 2.24) is 10.2 Å². The van der Waals surface area contributed by atoms with Crippen LogP contribution in [-0.4, -0.2) is 40.8 Å². The first-order valence-corrected chi connectivity index (χ1v) is 6.37. The molecule has 1 aromatic rings. The molecular formula is C13H13ClN2O4. The summed E-state index contributed by atoms with van der Waals surface area (Å²) in [5, 5.41) is 12.1. The normalized spacial score (nSPS) is 19.1. The topological polar surface area (TPSA) is 86.7 Å². The predicted octanol–water partition coefficient (Wildman–Crippen LogP) is 0.923. The maximum absolute atomic E-state index is 12.1. The van der Waals surface area contributed by atoms with Crippen molar-refractivity contribution in [3.05, 3.63) is 28.8 Å². The number of imide groups is 1. The Balaban J connectivity index is 2.14. The zero-order valence-corrected chi connectivity index (χ0v) is 11.5. The van der Waals surface area contributed by atoms with E-state index in [0.717, 1.165) is 4.90 Å². The van der Waals surface area contributed by atoms with E-state index in [1.807, 2.05) is 0 Å². The van der Waals surface area contributed by atoms with Crippen molar-refractivity contribution in [2.45, 2.75) is 18.9 Å². The van der Waals surface area contributed by atoms with Crippen LogP contribution in [0.5, 0.6) is 5.75 Å². The van der Waals surface area contributed by atoms with Gasteiger partial charge in [0.15, 0.2) is 0 Å². The van der Waals surface area contributed by atoms with Crippen LogP contribution in [0.3, 0.4) is 0 Å². The van der Waals surface area contributed by atoms with Gasteiger partial charge in [0.05, 0.1) is 10.6 Å². The molecule has 3 amide bonds. The molecule has 7 heteroatoms. The number of aromatic hydroxyl groups is 1. The number of phenols is 1. The van der Waals surface area contributed by atoms with Gasteiger partial charge in [-0.25, -0.2) is 0 Å². The van der Waals surface area contributed by atoms with E-state index in [1.54, 1.807) is 0 Å². The van der Waals surface area contributed by atoms with E-state index >= 15 is 0 Å². The van der Waals surface area contributed by atoms with Crippen molar-refractivity contribution in [3.8, 4) is 5.75 Å². The van der Waals surface area contributed by atoms with E-state index < -0.39 is 17.9 Å². The van der Waals surface area contributed by atoms with Crippen molar-refractivity contribution in [1.29, 1.82) is 0 Å². The largest absolute Gasteiger partial charge is 0.508 e. The van der Waals surface area contributed by atoms with E-state index in [4.69, 9.17) is 11.6 Å². The van der Waals surface area contributed by atoms with E-state index in [-0.39, 0.29) is 35.1 Å². The summed E-state index contributed by atoms with van der Waals surface area (Å²) in [6.07, 6.45) is 0.450. The third kappa shape index (κ3) is 2.75. The number of halogens is 1. The highest BCUT2D eigenvalue weighted by Gasteiger charge is 2.33. The lowest BCUT2D eigenvalue weighted by molar-refractivity contribution is -0.147. The molecule has 1 atom stereocenters. The fourth-order valence-electron chi connectivity index (χ4n) is 1.97. The minimum absolute atomic E-state index is 0.0824. The third-order valence-electron chi connectivity index (χ3n) is 3.15. The van der Waals surface area contributed by atoms with Gasteiger partial charge in [-0.1, -0.05) is 11.6 Å². The Hall–Kier alpha value is -2.08. The van der Waals surface area contributed by atoms with Gasteiger partial charge < -0.3 is 10.4 Å². The highest BCUT2D eigenvalue weighted by molar-refractivity contribution is 6.34. The second-order valence-corrected chi connectivity index (χ2v) is 4.93. The number of nitrogens with zero attached hydrogens (tertiary/aromatic N) is 1. The Labute approximate surface area is 120 Å². The number of benzene rings is 1. The van der Waals surface area contributed by atoms with E-state index in [1.165, 1.54) is 25.2 Å². The molecule has 1 heterocycles. The Bertz CT molecular complexity index is 588. The lowest BCUT2D eigenvalue weighted by atomic mass is 10.0. The van der Waals surface area contributed by atoms with Crippen molar-refractivity contribution in [3.63, 3.8) is 0 Å². The number of likely N-dealkylation sites (tertiary alicyclic amines) is 1. The number of carbonyl (C=O) groups excluding carboxylic acids is 3. The Morgan fingerprint density at radius 1 is 1.45 bits per heavy atom. The molecule has 0 bridgehead atoms. The number of hydrogen-bond donors (Lipinski definition) is 2. The first kappa shape index (κ1) is 14.3. The number of nitrogens with one attached hydrogen (secondary N) is 1. The Morgan fingerprint density at radius 2 is 2.15 bits per heavy atom. The lowest BCUT2D eigenvalue weighted by Crippen LogP contribution is -2.52. The quantitative estimate of drug-likeness (QED) is 0.795. The molecule has 2 N–H and O–H groups in total. The number of rotatable bonds is 2. The average Bonchev–Trinajstić information content (AvgIpc) is 2.42. The summed E-state index contributed by atoms with van der Waals surface area (Å²) in [7, 11) is 1.38. The summed E-state index contributed by atoms with van der Waals surface area (Å²) in [4.78, 5) is 36.3. The van der Waals surface area contributed by atoms with Crippen LogP contribution in [0, 0.1) is 0 Å². The van der Waals surface area contributed by atoms with Gasteiger partial charge in [0, 0.05) is 13.5 Å². The van der Waals surface area contributed by atoms with E-state index in [2.05, 4.69) is 5.32 Å². The van der Waals surface area contributed by atoms with Crippen molar-refractivity contribution >= 4 is 29.3 Å². The molecule has 1 aliphatic heterocycles. The molecule has 1 fully saturated rings. The van der Waals surface area contributed by atoms with Crippen LogP contribution >= 0.6 is 11.6 Å². The molecular weight excluding hydrogens is 284 g/mol. The smallest absolute Gasteiger partial charge is 0.253 e. The summed E-state index contributed by atoms with van der Waals surface area (Å²) < 4.78 is 0. The molecule has 0 radical (unpaired) electrons. The van der Waals surface area contributed by atoms with Gasteiger partial charge in [-0.05, 0) is 24.6 Å². The van der Waals surface area contributed by atoms with Crippen molar-refractivity contribution in [2.24, 2.45) is 0 Å². The number of piperidine rings is 1.